The second-order valence-electron chi connectivity index (χ2n) is 8.21. The molecule has 1 aliphatic rings. The molecule has 31 heavy (non-hydrogen) atoms. The predicted octanol–water partition coefficient (Wildman–Crippen LogP) is 3.60. The lowest BCUT2D eigenvalue weighted by molar-refractivity contribution is 0.113. The molecule has 0 saturated carbocycles. The fourth-order valence-corrected chi connectivity index (χ4v) is 4.28. The van der Waals surface area contributed by atoms with E-state index >= 15 is 0 Å². The molecule has 3 heterocycles. The fraction of sp³-hybridized carbons (Fsp3) is 0.375. The quantitative estimate of drug-likeness (QED) is 0.576. The standard InChI is InChI=1S/C24H28N4O2S/c1-16-9-17(2)21-11-19(23(29)27-22(21)10-16)15-28(14-18-5-3-7-25-12-18)24(31)26-13-20-6-4-8-30-20/h3,5,7,9-12,20H,4,6,8,13-15H2,1-2H3,(H,26,31)(H,27,29)/t20-/m0/s1. The molecule has 4 rings (SSSR count). The van der Waals surface area contributed by atoms with Gasteiger partial charge in [0.25, 0.3) is 5.56 Å². The Bertz CT molecular complexity index is 1120. The van der Waals surface area contributed by atoms with E-state index in [0.29, 0.717) is 30.3 Å². The van der Waals surface area contributed by atoms with Crippen molar-refractivity contribution < 1.29 is 4.74 Å². The highest BCUT2D eigenvalue weighted by Gasteiger charge is 2.19. The molecule has 0 spiro atoms. The minimum Gasteiger partial charge on any atom is -0.376 e. The number of pyridine rings is 2. The average molecular weight is 437 g/mol. The highest BCUT2D eigenvalue weighted by atomic mass is 32.1. The van der Waals surface area contributed by atoms with E-state index < -0.39 is 0 Å². The molecule has 1 aliphatic heterocycles. The number of H-pyrrole nitrogens is 1. The Morgan fingerprint density at radius 3 is 2.94 bits per heavy atom. The molecule has 0 unspecified atom stereocenters. The van der Waals surface area contributed by atoms with Gasteiger partial charge in [0, 0.05) is 48.6 Å². The zero-order valence-corrected chi connectivity index (χ0v) is 18.8. The van der Waals surface area contributed by atoms with Crippen LogP contribution in [-0.4, -0.2) is 39.2 Å². The van der Waals surface area contributed by atoms with Crippen LogP contribution in [0.5, 0.6) is 0 Å². The number of benzene rings is 1. The molecular weight excluding hydrogens is 408 g/mol. The smallest absolute Gasteiger partial charge is 0.253 e. The van der Waals surface area contributed by atoms with Crippen LogP contribution >= 0.6 is 12.2 Å². The van der Waals surface area contributed by atoms with E-state index in [1.165, 1.54) is 0 Å². The van der Waals surface area contributed by atoms with Crippen molar-refractivity contribution in [1.29, 1.82) is 0 Å². The van der Waals surface area contributed by atoms with Gasteiger partial charge in [-0.3, -0.25) is 9.78 Å². The molecule has 0 bridgehead atoms. The molecule has 1 atom stereocenters. The summed E-state index contributed by atoms with van der Waals surface area (Å²) in [6.07, 6.45) is 5.90. The van der Waals surface area contributed by atoms with E-state index in [4.69, 9.17) is 17.0 Å². The second-order valence-corrected chi connectivity index (χ2v) is 8.59. The lowest BCUT2D eigenvalue weighted by atomic mass is 10.0. The summed E-state index contributed by atoms with van der Waals surface area (Å²) in [7, 11) is 0. The average Bonchev–Trinajstić information content (AvgIpc) is 3.27. The Hall–Kier alpha value is -2.77. The van der Waals surface area contributed by atoms with Gasteiger partial charge in [-0.15, -0.1) is 0 Å². The minimum absolute atomic E-state index is 0.0874. The Balaban J connectivity index is 1.59. The topological polar surface area (TPSA) is 70.2 Å². The summed E-state index contributed by atoms with van der Waals surface area (Å²) in [5, 5.41) is 5.01. The van der Waals surface area contributed by atoms with Crippen molar-refractivity contribution in [2.75, 3.05) is 13.2 Å². The first-order valence-electron chi connectivity index (χ1n) is 10.7. The monoisotopic (exact) mass is 436 g/mol. The van der Waals surface area contributed by atoms with Crippen molar-refractivity contribution in [3.8, 4) is 0 Å². The number of fused-ring (bicyclic) bond motifs is 1. The molecule has 2 aromatic heterocycles. The van der Waals surface area contributed by atoms with Gasteiger partial charge in [0.2, 0.25) is 0 Å². The molecule has 1 aromatic carbocycles. The number of hydrogen-bond donors (Lipinski definition) is 2. The largest absolute Gasteiger partial charge is 0.376 e. The summed E-state index contributed by atoms with van der Waals surface area (Å²) in [5.41, 5.74) is 4.77. The molecule has 2 N–H and O–H groups in total. The first-order chi connectivity index (χ1) is 15.0. The molecule has 3 aromatic rings. The zero-order chi connectivity index (χ0) is 21.8. The minimum atomic E-state index is -0.0874. The second kappa shape index (κ2) is 9.58. The number of nitrogens with one attached hydrogen (secondary N) is 2. The van der Waals surface area contributed by atoms with Crippen LogP contribution in [0.25, 0.3) is 10.9 Å². The normalized spacial score (nSPS) is 15.9. The van der Waals surface area contributed by atoms with E-state index in [0.717, 1.165) is 47.0 Å². The number of hydrogen-bond acceptors (Lipinski definition) is 4. The van der Waals surface area contributed by atoms with Crippen molar-refractivity contribution in [3.05, 3.63) is 75.3 Å². The van der Waals surface area contributed by atoms with Gasteiger partial charge in [-0.25, -0.2) is 0 Å². The summed E-state index contributed by atoms with van der Waals surface area (Å²) in [4.78, 5) is 22.1. The van der Waals surface area contributed by atoms with Crippen LogP contribution in [-0.2, 0) is 17.8 Å². The SMILES string of the molecule is Cc1cc(C)c2cc(CN(Cc3cccnc3)C(=S)NC[C@@H]3CCCO3)c(=O)[nH]c2c1. The van der Waals surface area contributed by atoms with Gasteiger partial charge in [-0.1, -0.05) is 12.1 Å². The fourth-order valence-electron chi connectivity index (χ4n) is 4.07. The third-order valence-corrected chi connectivity index (χ3v) is 6.04. The number of aromatic nitrogens is 2. The van der Waals surface area contributed by atoms with Gasteiger partial charge in [-0.05, 0) is 73.8 Å². The van der Waals surface area contributed by atoms with Crippen LogP contribution in [0.15, 0.2) is 47.5 Å². The number of aromatic amines is 1. The summed E-state index contributed by atoms with van der Waals surface area (Å²) < 4.78 is 5.70. The molecule has 1 fully saturated rings. The first-order valence-corrected chi connectivity index (χ1v) is 11.1. The number of thiocarbonyl (C=S) groups is 1. The predicted molar refractivity (Wildman–Crippen MR) is 127 cm³/mol. The Labute approximate surface area is 187 Å². The van der Waals surface area contributed by atoms with Gasteiger partial charge >= 0.3 is 0 Å². The maximum Gasteiger partial charge on any atom is 0.253 e. The van der Waals surface area contributed by atoms with Crippen LogP contribution in [0, 0.1) is 13.8 Å². The number of ether oxygens (including phenoxy) is 1. The van der Waals surface area contributed by atoms with Crippen molar-refractivity contribution in [1.82, 2.24) is 20.2 Å². The van der Waals surface area contributed by atoms with Crippen molar-refractivity contribution in [2.45, 2.75) is 45.9 Å². The van der Waals surface area contributed by atoms with E-state index in [1.54, 1.807) is 6.20 Å². The summed E-state index contributed by atoms with van der Waals surface area (Å²) >= 11 is 5.72. The van der Waals surface area contributed by atoms with Crippen molar-refractivity contribution in [3.63, 3.8) is 0 Å². The van der Waals surface area contributed by atoms with Crippen LogP contribution in [0.3, 0.4) is 0 Å². The molecule has 162 valence electrons. The van der Waals surface area contributed by atoms with E-state index in [9.17, 15) is 4.79 Å². The van der Waals surface area contributed by atoms with Gasteiger partial charge in [0.05, 0.1) is 12.6 Å². The van der Waals surface area contributed by atoms with Crippen LogP contribution in [0.4, 0.5) is 0 Å². The molecule has 1 saturated heterocycles. The molecule has 0 amide bonds. The van der Waals surface area contributed by atoms with E-state index in [-0.39, 0.29) is 11.7 Å². The van der Waals surface area contributed by atoms with Crippen molar-refractivity contribution >= 4 is 28.2 Å². The van der Waals surface area contributed by atoms with Crippen molar-refractivity contribution in [2.24, 2.45) is 0 Å². The van der Waals surface area contributed by atoms with E-state index in [1.807, 2.05) is 42.3 Å². The first kappa shape index (κ1) is 21.5. The maximum atomic E-state index is 12.9. The Kier molecular flexibility index (Phi) is 6.63. The third kappa shape index (κ3) is 5.29. The lowest BCUT2D eigenvalue weighted by Gasteiger charge is -2.27. The lowest BCUT2D eigenvalue weighted by Crippen LogP contribution is -2.42. The number of rotatable bonds is 6. The third-order valence-electron chi connectivity index (χ3n) is 5.64. The van der Waals surface area contributed by atoms with Crippen LogP contribution in [0.1, 0.15) is 35.1 Å². The molecule has 0 aliphatic carbocycles. The summed E-state index contributed by atoms with van der Waals surface area (Å²) in [6.45, 7) is 6.56. The molecule has 7 heteroatoms. The van der Waals surface area contributed by atoms with E-state index in [2.05, 4.69) is 28.3 Å². The highest BCUT2D eigenvalue weighted by molar-refractivity contribution is 7.80. The Morgan fingerprint density at radius 2 is 2.19 bits per heavy atom. The van der Waals surface area contributed by atoms with Crippen LogP contribution < -0.4 is 10.9 Å². The van der Waals surface area contributed by atoms with Gasteiger partial charge in [-0.2, -0.15) is 0 Å². The summed E-state index contributed by atoms with van der Waals surface area (Å²) in [6, 6.07) is 10.0. The molecule has 0 radical (unpaired) electrons. The van der Waals surface area contributed by atoms with Gasteiger partial charge in [0.1, 0.15) is 0 Å². The molecular formula is C24H28N4O2S. The molecule has 6 nitrogen and oxygen atoms in total. The zero-order valence-electron chi connectivity index (χ0n) is 18.0. The maximum absolute atomic E-state index is 12.9. The van der Waals surface area contributed by atoms with Gasteiger partial charge < -0.3 is 19.9 Å². The highest BCUT2D eigenvalue weighted by Crippen LogP contribution is 2.19. The number of aryl methyl sites for hydroxylation is 2. The number of nitrogens with zero attached hydrogens (tertiary/aromatic N) is 2. The van der Waals surface area contributed by atoms with Gasteiger partial charge in [0.15, 0.2) is 5.11 Å². The van der Waals surface area contributed by atoms with Crippen LogP contribution in [0.2, 0.25) is 0 Å². The summed E-state index contributed by atoms with van der Waals surface area (Å²) in [5.74, 6) is 0. The Morgan fingerprint density at radius 1 is 1.32 bits per heavy atom.